The summed E-state index contributed by atoms with van der Waals surface area (Å²) >= 11 is 5.93. The van der Waals surface area contributed by atoms with Crippen LogP contribution in [0, 0.1) is 0 Å². The Kier molecular flexibility index (Phi) is 3.69. The largest absolute Gasteiger partial charge is 0.465 e. The molecular formula is C17H12ClNO3. The summed E-state index contributed by atoms with van der Waals surface area (Å²) in [5, 5.41) is 3.35. The minimum Gasteiger partial charge on any atom is -0.465 e. The Morgan fingerprint density at radius 3 is 2.59 bits per heavy atom. The normalized spacial score (nSPS) is 14.6. The first-order valence-corrected chi connectivity index (χ1v) is 6.97. The number of anilines is 1. The van der Waals surface area contributed by atoms with Crippen molar-refractivity contribution < 1.29 is 14.3 Å². The Morgan fingerprint density at radius 2 is 1.91 bits per heavy atom. The lowest BCUT2D eigenvalue weighted by Gasteiger charge is -2.01. The fraction of sp³-hybridized carbons (Fsp3) is 0.0588. The van der Waals surface area contributed by atoms with E-state index in [1.54, 1.807) is 42.5 Å². The van der Waals surface area contributed by atoms with Crippen LogP contribution in [-0.4, -0.2) is 19.0 Å². The molecule has 0 spiro atoms. The third-order valence-electron chi connectivity index (χ3n) is 3.41. The highest BCUT2D eigenvalue weighted by Crippen LogP contribution is 2.34. The summed E-state index contributed by atoms with van der Waals surface area (Å²) in [4.78, 5) is 23.5. The number of methoxy groups -OCH3 is 1. The maximum atomic E-state index is 12.1. The van der Waals surface area contributed by atoms with E-state index in [0.717, 1.165) is 11.1 Å². The van der Waals surface area contributed by atoms with Crippen molar-refractivity contribution in [1.82, 2.24) is 0 Å². The average Bonchev–Trinajstić information content (AvgIpc) is 2.82. The molecule has 0 saturated carbocycles. The zero-order valence-electron chi connectivity index (χ0n) is 11.7. The van der Waals surface area contributed by atoms with Crippen molar-refractivity contribution in [3.05, 3.63) is 64.2 Å². The third kappa shape index (κ3) is 2.61. The third-order valence-corrected chi connectivity index (χ3v) is 3.64. The number of carbonyl (C=O) groups excluding carboxylic acids is 2. The van der Waals surface area contributed by atoms with Gasteiger partial charge in [-0.3, -0.25) is 4.79 Å². The minimum atomic E-state index is -0.391. The lowest BCUT2D eigenvalue weighted by molar-refractivity contribution is -0.110. The van der Waals surface area contributed by atoms with Crippen molar-refractivity contribution in [3.8, 4) is 0 Å². The van der Waals surface area contributed by atoms with Crippen LogP contribution >= 0.6 is 11.6 Å². The lowest BCUT2D eigenvalue weighted by atomic mass is 10.0. The van der Waals surface area contributed by atoms with Gasteiger partial charge < -0.3 is 10.1 Å². The number of nitrogens with one attached hydrogen (secondary N) is 1. The summed E-state index contributed by atoms with van der Waals surface area (Å²) < 4.78 is 4.65. The Morgan fingerprint density at radius 1 is 1.18 bits per heavy atom. The molecule has 1 amide bonds. The average molecular weight is 314 g/mol. The van der Waals surface area contributed by atoms with Crippen LogP contribution in [0.4, 0.5) is 5.69 Å². The second-order valence-corrected chi connectivity index (χ2v) is 5.25. The Bertz CT molecular complexity index is 794. The van der Waals surface area contributed by atoms with Gasteiger partial charge in [-0.2, -0.15) is 0 Å². The molecule has 0 unspecified atom stereocenters. The van der Waals surface area contributed by atoms with Gasteiger partial charge in [-0.1, -0.05) is 29.8 Å². The number of halogens is 1. The van der Waals surface area contributed by atoms with E-state index in [2.05, 4.69) is 10.1 Å². The molecule has 0 aliphatic carbocycles. The number of hydrogen-bond donors (Lipinski definition) is 1. The van der Waals surface area contributed by atoms with Gasteiger partial charge in [0.05, 0.1) is 18.4 Å². The van der Waals surface area contributed by atoms with Gasteiger partial charge >= 0.3 is 5.97 Å². The summed E-state index contributed by atoms with van der Waals surface area (Å²) in [6, 6.07) is 12.1. The number of ether oxygens (including phenoxy) is 1. The van der Waals surface area contributed by atoms with Crippen molar-refractivity contribution >= 4 is 40.8 Å². The molecule has 1 heterocycles. The van der Waals surface area contributed by atoms with Gasteiger partial charge in [0, 0.05) is 16.2 Å². The van der Waals surface area contributed by atoms with E-state index in [4.69, 9.17) is 11.6 Å². The number of hydrogen-bond acceptors (Lipinski definition) is 3. The van der Waals surface area contributed by atoms with Crippen LogP contribution in [0.25, 0.3) is 11.6 Å². The SMILES string of the molecule is COC(=O)c1ccc(/C=C2\C(=O)Nc3cc(Cl)ccc32)cc1. The number of esters is 1. The molecule has 1 N–H and O–H groups in total. The monoisotopic (exact) mass is 313 g/mol. The fourth-order valence-electron chi connectivity index (χ4n) is 2.31. The first-order valence-electron chi connectivity index (χ1n) is 6.60. The van der Waals surface area contributed by atoms with E-state index in [1.807, 2.05) is 6.07 Å². The van der Waals surface area contributed by atoms with Crippen molar-refractivity contribution in [1.29, 1.82) is 0 Å². The first kappa shape index (κ1) is 14.4. The molecule has 4 nitrogen and oxygen atoms in total. The number of amides is 1. The molecule has 2 aromatic carbocycles. The van der Waals surface area contributed by atoms with Crippen LogP contribution in [0.2, 0.25) is 5.02 Å². The predicted molar refractivity (Wildman–Crippen MR) is 85.7 cm³/mol. The van der Waals surface area contributed by atoms with E-state index < -0.39 is 5.97 Å². The fourth-order valence-corrected chi connectivity index (χ4v) is 2.48. The van der Waals surface area contributed by atoms with E-state index in [0.29, 0.717) is 21.8 Å². The van der Waals surface area contributed by atoms with E-state index in [1.165, 1.54) is 7.11 Å². The van der Waals surface area contributed by atoms with Gasteiger partial charge in [0.2, 0.25) is 0 Å². The number of fused-ring (bicyclic) bond motifs is 1. The Labute approximate surface area is 132 Å². The van der Waals surface area contributed by atoms with Crippen molar-refractivity contribution in [2.45, 2.75) is 0 Å². The van der Waals surface area contributed by atoms with Gasteiger partial charge in [0.25, 0.3) is 5.91 Å². The molecule has 5 heteroatoms. The predicted octanol–water partition coefficient (Wildman–Crippen LogP) is 3.62. The molecule has 0 radical (unpaired) electrons. The Balaban J connectivity index is 1.96. The van der Waals surface area contributed by atoms with Gasteiger partial charge in [-0.15, -0.1) is 0 Å². The number of carbonyl (C=O) groups is 2. The zero-order valence-corrected chi connectivity index (χ0v) is 12.5. The van der Waals surface area contributed by atoms with Crippen LogP contribution in [-0.2, 0) is 9.53 Å². The summed E-state index contributed by atoms with van der Waals surface area (Å²) in [6.45, 7) is 0. The summed E-state index contributed by atoms with van der Waals surface area (Å²) in [6.07, 6.45) is 1.77. The molecule has 110 valence electrons. The van der Waals surface area contributed by atoms with Gasteiger partial charge in [0.1, 0.15) is 0 Å². The van der Waals surface area contributed by atoms with Crippen LogP contribution < -0.4 is 5.32 Å². The molecule has 0 bridgehead atoms. The van der Waals surface area contributed by atoms with Crippen molar-refractivity contribution in [3.63, 3.8) is 0 Å². The van der Waals surface area contributed by atoms with Crippen LogP contribution in [0.3, 0.4) is 0 Å². The highest BCUT2D eigenvalue weighted by molar-refractivity contribution is 6.36. The molecule has 0 fully saturated rings. The first-order chi connectivity index (χ1) is 10.6. The summed E-state index contributed by atoms with van der Waals surface area (Å²) in [5.41, 5.74) is 3.37. The van der Waals surface area contributed by atoms with E-state index >= 15 is 0 Å². The number of rotatable bonds is 2. The molecule has 0 aromatic heterocycles. The molecule has 3 rings (SSSR count). The topological polar surface area (TPSA) is 55.4 Å². The molecular weight excluding hydrogens is 302 g/mol. The van der Waals surface area contributed by atoms with Crippen molar-refractivity contribution in [2.24, 2.45) is 0 Å². The molecule has 2 aromatic rings. The van der Waals surface area contributed by atoms with Gasteiger partial charge in [-0.05, 0) is 35.9 Å². The smallest absolute Gasteiger partial charge is 0.337 e. The Hall–Kier alpha value is -2.59. The van der Waals surface area contributed by atoms with Gasteiger partial charge in [0.15, 0.2) is 0 Å². The highest BCUT2D eigenvalue weighted by atomic mass is 35.5. The van der Waals surface area contributed by atoms with Crippen LogP contribution in [0.1, 0.15) is 21.5 Å². The van der Waals surface area contributed by atoms with E-state index in [9.17, 15) is 9.59 Å². The van der Waals surface area contributed by atoms with E-state index in [-0.39, 0.29) is 5.91 Å². The summed E-state index contributed by atoms with van der Waals surface area (Å²) in [5.74, 6) is -0.563. The maximum absolute atomic E-state index is 12.1. The maximum Gasteiger partial charge on any atom is 0.337 e. The highest BCUT2D eigenvalue weighted by Gasteiger charge is 2.24. The zero-order chi connectivity index (χ0) is 15.7. The lowest BCUT2D eigenvalue weighted by Crippen LogP contribution is -2.03. The second-order valence-electron chi connectivity index (χ2n) is 4.82. The minimum absolute atomic E-state index is 0.172. The molecule has 0 atom stereocenters. The molecule has 22 heavy (non-hydrogen) atoms. The second kappa shape index (κ2) is 5.66. The summed E-state index contributed by atoms with van der Waals surface area (Å²) in [7, 11) is 1.34. The quantitative estimate of drug-likeness (QED) is 0.680. The van der Waals surface area contributed by atoms with Crippen molar-refractivity contribution in [2.75, 3.05) is 12.4 Å². The van der Waals surface area contributed by atoms with Gasteiger partial charge in [-0.25, -0.2) is 4.79 Å². The molecule has 1 aliphatic rings. The van der Waals surface area contributed by atoms with Crippen LogP contribution in [0.15, 0.2) is 42.5 Å². The number of benzene rings is 2. The molecule has 1 aliphatic heterocycles. The standard InChI is InChI=1S/C17H12ClNO3/c1-22-17(21)11-4-2-10(3-5-11)8-14-13-7-6-12(18)9-15(13)19-16(14)20/h2-9H,1H3,(H,19,20)/b14-8-. The van der Waals surface area contributed by atoms with Crippen LogP contribution in [0.5, 0.6) is 0 Å². The molecule has 0 saturated heterocycles.